The Bertz CT molecular complexity index is 197. The normalized spacial score (nSPS) is 30.1. The van der Waals surface area contributed by atoms with E-state index < -0.39 is 30.8 Å². The summed E-state index contributed by atoms with van der Waals surface area (Å²) in [6.45, 7) is -0.302. The number of carbonyl (C=O) groups is 1. The molecule has 0 aromatic carbocycles. The lowest BCUT2D eigenvalue weighted by Crippen LogP contribution is -2.49. The molecule has 1 atom stereocenters. The molecule has 1 saturated heterocycles. The van der Waals surface area contributed by atoms with Crippen LogP contribution in [0.25, 0.3) is 0 Å². The average molecular weight is 181 g/mol. The van der Waals surface area contributed by atoms with Crippen LogP contribution in [0.15, 0.2) is 0 Å². The second-order valence-corrected chi connectivity index (χ2v) is 2.83. The Labute approximate surface area is 67.4 Å². The molecule has 2 N–H and O–H groups in total. The van der Waals surface area contributed by atoms with Crippen LogP contribution in [-0.2, 0) is 4.79 Å². The Morgan fingerprint density at radius 3 is 2.58 bits per heavy atom. The summed E-state index contributed by atoms with van der Waals surface area (Å²) >= 11 is 0. The molecule has 0 aromatic rings. The minimum absolute atomic E-state index is 0.302. The van der Waals surface area contributed by atoms with Crippen LogP contribution in [0, 0.1) is 0 Å². The van der Waals surface area contributed by atoms with Crippen molar-refractivity contribution in [2.75, 3.05) is 6.54 Å². The predicted octanol–water partition coefficient (Wildman–Crippen LogP) is 0.560. The molecule has 1 aliphatic heterocycles. The SMILES string of the molecule is O=C(O)C1CC(F)(F)CCN1O. The highest BCUT2D eigenvalue weighted by Crippen LogP contribution is 2.30. The molecular weight excluding hydrogens is 172 g/mol. The number of hydroxylamine groups is 2. The number of carboxylic acid groups (broad SMARTS) is 1. The van der Waals surface area contributed by atoms with Gasteiger partial charge in [0.05, 0.1) is 0 Å². The van der Waals surface area contributed by atoms with Crippen LogP contribution in [-0.4, -0.2) is 39.9 Å². The molecule has 0 aliphatic carbocycles. The van der Waals surface area contributed by atoms with E-state index in [1.54, 1.807) is 0 Å². The van der Waals surface area contributed by atoms with Gasteiger partial charge in [-0.05, 0) is 0 Å². The first kappa shape index (κ1) is 9.34. The molecule has 0 spiro atoms. The summed E-state index contributed by atoms with van der Waals surface area (Å²) in [5, 5.41) is 17.7. The summed E-state index contributed by atoms with van der Waals surface area (Å²) in [5.41, 5.74) is 0. The molecule has 6 heteroatoms. The summed E-state index contributed by atoms with van der Waals surface area (Å²) in [7, 11) is 0. The standard InChI is InChI=1S/C6H9F2NO3/c7-6(8)1-2-9(12)4(3-6)5(10)11/h4,12H,1-3H2,(H,10,11). The first-order chi connectivity index (χ1) is 5.42. The van der Waals surface area contributed by atoms with Crippen LogP contribution in [0.2, 0.25) is 0 Å². The minimum Gasteiger partial charge on any atom is -0.480 e. The molecule has 0 amide bonds. The lowest BCUT2D eigenvalue weighted by atomic mass is 10.0. The number of carboxylic acids is 1. The third-order valence-corrected chi connectivity index (χ3v) is 1.84. The van der Waals surface area contributed by atoms with Gasteiger partial charge in [0, 0.05) is 19.4 Å². The van der Waals surface area contributed by atoms with E-state index in [9.17, 15) is 13.6 Å². The first-order valence-electron chi connectivity index (χ1n) is 3.48. The van der Waals surface area contributed by atoms with Gasteiger partial charge >= 0.3 is 5.97 Å². The summed E-state index contributed by atoms with van der Waals surface area (Å²) < 4.78 is 25.2. The number of piperidine rings is 1. The fraction of sp³-hybridized carbons (Fsp3) is 0.833. The molecule has 1 aliphatic rings. The van der Waals surface area contributed by atoms with E-state index in [1.165, 1.54) is 0 Å². The van der Waals surface area contributed by atoms with Gasteiger partial charge in [0.2, 0.25) is 0 Å². The zero-order valence-electron chi connectivity index (χ0n) is 6.20. The van der Waals surface area contributed by atoms with Crippen molar-refractivity contribution in [3.63, 3.8) is 0 Å². The molecule has 12 heavy (non-hydrogen) atoms. The third kappa shape index (κ3) is 1.89. The molecule has 0 radical (unpaired) electrons. The molecule has 1 heterocycles. The van der Waals surface area contributed by atoms with Crippen molar-refractivity contribution >= 4 is 5.97 Å². The molecule has 4 nitrogen and oxygen atoms in total. The summed E-state index contributed by atoms with van der Waals surface area (Å²) in [5.74, 6) is -4.39. The van der Waals surface area contributed by atoms with Gasteiger partial charge in [0.1, 0.15) is 6.04 Å². The number of aliphatic carboxylic acids is 1. The first-order valence-corrected chi connectivity index (χ1v) is 3.48. The Morgan fingerprint density at radius 2 is 2.17 bits per heavy atom. The van der Waals surface area contributed by atoms with E-state index in [0.29, 0.717) is 5.06 Å². The topological polar surface area (TPSA) is 60.8 Å². The molecule has 1 fully saturated rings. The van der Waals surface area contributed by atoms with Gasteiger partial charge in [-0.25, -0.2) is 8.78 Å². The molecule has 70 valence electrons. The number of alkyl halides is 2. The van der Waals surface area contributed by atoms with Crippen molar-refractivity contribution in [1.29, 1.82) is 0 Å². The van der Waals surface area contributed by atoms with Gasteiger partial charge in [0.15, 0.2) is 0 Å². The van der Waals surface area contributed by atoms with E-state index in [0.717, 1.165) is 0 Å². The van der Waals surface area contributed by atoms with E-state index in [1.807, 2.05) is 0 Å². The zero-order valence-corrected chi connectivity index (χ0v) is 6.20. The highest BCUT2D eigenvalue weighted by atomic mass is 19.3. The number of nitrogens with zero attached hydrogens (tertiary/aromatic N) is 1. The fourth-order valence-electron chi connectivity index (χ4n) is 1.14. The summed E-state index contributed by atoms with van der Waals surface area (Å²) in [6, 6.07) is -1.48. The number of rotatable bonds is 1. The van der Waals surface area contributed by atoms with Gasteiger partial charge in [-0.3, -0.25) is 4.79 Å². The lowest BCUT2D eigenvalue weighted by molar-refractivity contribution is -0.205. The molecule has 0 aromatic heterocycles. The van der Waals surface area contributed by atoms with Crippen molar-refractivity contribution < 1.29 is 23.9 Å². The van der Waals surface area contributed by atoms with Crippen LogP contribution < -0.4 is 0 Å². The van der Waals surface area contributed by atoms with E-state index in [2.05, 4.69) is 0 Å². The fourth-order valence-corrected chi connectivity index (χ4v) is 1.14. The monoisotopic (exact) mass is 181 g/mol. The number of halogens is 2. The lowest BCUT2D eigenvalue weighted by Gasteiger charge is -2.32. The molecule has 1 rings (SSSR count). The molecule has 0 saturated carbocycles. The van der Waals surface area contributed by atoms with Crippen LogP contribution in [0.4, 0.5) is 8.78 Å². The second kappa shape index (κ2) is 2.95. The number of hydrogen-bond acceptors (Lipinski definition) is 3. The Balaban J connectivity index is 2.66. The maximum Gasteiger partial charge on any atom is 0.323 e. The van der Waals surface area contributed by atoms with Crippen molar-refractivity contribution in [3.05, 3.63) is 0 Å². The second-order valence-electron chi connectivity index (χ2n) is 2.83. The maximum atomic E-state index is 12.6. The Hall–Kier alpha value is -0.750. The highest BCUT2D eigenvalue weighted by molar-refractivity contribution is 5.73. The molecule has 0 bridgehead atoms. The van der Waals surface area contributed by atoms with E-state index in [4.69, 9.17) is 10.3 Å². The van der Waals surface area contributed by atoms with Gasteiger partial charge in [-0.2, -0.15) is 5.06 Å². The van der Waals surface area contributed by atoms with Crippen molar-refractivity contribution in [2.45, 2.75) is 24.8 Å². The zero-order chi connectivity index (χ0) is 9.35. The van der Waals surface area contributed by atoms with Crippen molar-refractivity contribution in [3.8, 4) is 0 Å². The van der Waals surface area contributed by atoms with Crippen LogP contribution in [0.1, 0.15) is 12.8 Å². The quantitative estimate of drug-likeness (QED) is 0.620. The summed E-state index contributed by atoms with van der Waals surface area (Å²) in [4.78, 5) is 10.3. The van der Waals surface area contributed by atoms with Gasteiger partial charge in [-0.1, -0.05) is 0 Å². The third-order valence-electron chi connectivity index (χ3n) is 1.84. The molecule has 1 unspecified atom stereocenters. The van der Waals surface area contributed by atoms with Crippen LogP contribution in [0.3, 0.4) is 0 Å². The van der Waals surface area contributed by atoms with Gasteiger partial charge in [0.25, 0.3) is 5.92 Å². The number of hydrogen-bond donors (Lipinski definition) is 2. The Kier molecular flexibility index (Phi) is 2.29. The summed E-state index contributed by atoms with van der Waals surface area (Å²) in [6.07, 6.45) is -1.31. The van der Waals surface area contributed by atoms with Gasteiger partial charge in [-0.15, -0.1) is 0 Å². The van der Waals surface area contributed by atoms with Crippen molar-refractivity contribution in [1.82, 2.24) is 5.06 Å². The van der Waals surface area contributed by atoms with E-state index in [-0.39, 0.29) is 6.54 Å². The van der Waals surface area contributed by atoms with Crippen LogP contribution in [0.5, 0.6) is 0 Å². The van der Waals surface area contributed by atoms with E-state index >= 15 is 0 Å². The molecular formula is C6H9F2NO3. The van der Waals surface area contributed by atoms with Crippen molar-refractivity contribution in [2.24, 2.45) is 0 Å². The maximum absolute atomic E-state index is 12.6. The Morgan fingerprint density at radius 1 is 1.58 bits per heavy atom. The largest absolute Gasteiger partial charge is 0.480 e. The van der Waals surface area contributed by atoms with Crippen LogP contribution >= 0.6 is 0 Å². The van der Waals surface area contributed by atoms with Gasteiger partial charge < -0.3 is 10.3 Å². The smallest absolute Gasteiger partial charge is 0.323 e. The highest BCUT2D eigenvalue weighted by Gasteiger charge is 2.43. The minimum atomic E-state index is -2.97. The predicted molar refractivity (Wildman–Crippen MR) is 34.1 cm³/mol. The average Bonchev–Trinajstić information content (AvgIpc) is 1.94.